The minimum absolute atomic E-state index is 0.655. The van der Waals surface area contributed by atoms with Crippen molar-refractivity contribution in [2.45, 2.75) is 6.42 Å². The van der Waals surface area contributed by atoms with Gasteiger partial charge >= 0.3 is 0 Å². The van der Waals surface area contributed by atoms with Crippen LogP contribution in [0.3, 0.4) is 0 Å². The second-order valence-corrected chi connectivity index (χ2v) is 3.52. The van der Waals surface area contributed by atoms with Gasteiger partial charge in [0.2, 0.25) is 0 Å². The lowest BCUT2D eigenvalue weighted by Gasteiger charge is -2.16. The van der Waals surface area contributed by atoms with Crippen LogP contribution in [0, 0.1) is 5.92 Å². The van der Waals surface area contributed by atoms with Crippen LogP contribution in [0.1, 0.15) is 6.42 Å². The Balaban J connectivity index is 2.04. The molecule has 13 heavy (non-hydrogen) atoms. The van der Waals surface area contributed by atoms with Gasteiger partial charge in [0.15, 0.2) is 0 Å². The topological polar surface area (TPSA) is 42.1 Å². The Morgan fingerprint density at radius 3 is 3.08 bits per heavy atom. The van der Waals surface area contributed by atoms with Crippen molar-refractivity contribution in [1.82, 2.24) is 4.98 Å². The number of hydrogen-bond acceptors (Lipinski definition) is 3. The van der Waals surface area contributed by atoms with Crippen molar-refractivity contribution >= 4 is 5.82 Å². The van der Waals surface area contributed by atoms with Gasteiger partial charge in [0.1, 0.15) is 5.82 Å². The summed E-state index contributed by atoms with van der Waals surface area (Å²) in [4.78, 5) is 6.62. The summed E-state index contributed by atoms with van der Waals surface area (Å²) in [6.07, 6.45) is 3.04. The van der Waals surface area contributed by atoms with Crippen LogP contribution in [-0.4, -0.2) is 24.6 Å². The number of rotatable bonds is 2. The van der Waals surface area contributed by atoms with Crippen molar-refractivity contribution in [3.8, 4) is 0 Å². The van der Waals surface area contributed by atoms with Crippen LogP contribution in [0.25, 0.3) is 0 Å². The highest BCUT2D eigenvalue weighted by Gasteiger charge is 2.21. The van der Waals surface area contributed by atoms with Crippen LogP contribution in [0.15, 0.2) is 24.4 Å². The molecule has 0 aliphatic carbocycles. The molecule has 3 heteroatoms. The number of pyridine rings is 1. The maximum absolute atomic E-state index is 5.63. The predicted octanol–water partition coefficient (Wildman–Crippen LogP) is 0.867. The first-order valence-electron chi connectivity index (χ1n) is 4.76. The Morgan fingerprint density at radius 1 is 1.54 bits per heavy atom. The third-order valence-electron chi connectivity index (χ3n) is 2.59. The lowest BCUT2D eigenvalue weighted by Crippen LogP contribution is -2.23. The SMILES string of the molecule is NC[C@@H]1CCN(c2ccccn2)C1. The van der Waals surface area contributed by atoms with Gasteiger partial charge in [0.05, 0.1) is 0 Å². The molecule has 0 aromatic carbocycles. The highest BCUT2D eigenvalue weighted by atomic mass is 15.2. The van der Waals surface area contributed by atoms with Gasteiger partial charge in [-0.05, 0) is 31.0 Å². The molecule has 1 atom stereocenters. The molecule has 0 radical (unpaired) electrons. The van der Waals surface area contributed by atoms with Gasteiger partial charge in [-0.15, -0.1) is 0 Å². The van der Waals surface area contributed by atoms with Crippen molar-refractivity contribution in [3.63, 3.8) is 0 Å². The third kappa shape index (κ3) is 1.80. The molecule has 1 fully saturated rings. The van der Waals surface area contributed by atoms with Crippen LogP contribution in [0.5, 0.6) is 0 Å². The lowest BCUT2D eigenvalue weighted by atomic mass is 10.1. The van der Waals surface area contributed by atoms with Crippen molar-refractivity contribution in [2.24, 2.45) is 11.7 Å². The Kier molecular flexibility index (Phi) is 2.45. The summed E-state index contributed by atoms with van der Waals surface area (Å²) in [5.74, 6) is 1.74. The third-order valence-corrected chi connectivity index (χ3v) is 2.59. The molecule has 2 N–H and O–H groups in total. The normalized spacial score (nSPS) is 22.2. The second-order valence-electron chi connectivity index (χ2n) is 3.52. The molecule has 1 aromatic rings. The zero-order chi connectivity index (χ0) is 9.10. The highest BCUT2D eigenvalue weighted by Crippen LogP contribution is 2.20. The van der Waals surface area contributed by atoms with Crippen molar-refractivity contribution in [1.29, 1.82) is 0 Å². The molecular formula is C10H15N3. The predicted molar refractivity (Wildman–Crippen MR) is 53.6 cm³/mol. The average Bonchev–Trinajstić information content (AvgIpc) is 2.67. The van der Waals surface area contributed by atoms with Crippen LogP contribution >= 0.6 is 0 Å². The standard InChI is InChI=1S/C10H15N3/c11-7-9-4-6-13(8-9)10-3-1-2-5-12-10/h1-3,5,9H,4,6-8,11H2/t9-/m0/s1. The summed E-state index contributed by atoms with van der Waals surface area (Å²) in [5, 5.41) is 0. The van der Waals surface area contributed by atoms with E-state index in [-0.39, 0.29) is 0 Å². The zero-order valence-electron chi connectivity index (χ0n) is 7.69. The minimum Gasteiger partial charge on any atom is -0.356 e. The van der Waals surface area contributed by atoms with Crippen molar-refractivity contribution in [3.05, 3.63) is 24.4 Å². The molecule has 70 valence electrons. The molecule has 0 bridgehead atoms. The Bertz CT molecular complexity index is 260. The number of nitrogens with two attached hydrogens (primary N) is 1. The smallest absolute Gasteiger partial charge is 0.128 e. The molecule has 0 amide bonds. The lowest BCUT2D eigenvalue weighted by molar-refractivity contribution is 0.602. The van der Waals surface area contributed by atoms with Crippen LogP contribution in [0.4, 0.5) is 5.82 Å². The molecule has 3 nitrogen and oxygen atoms in total. The second kappa shape index (κ2) is 3.75. The number of nitrogens with zero attached hydrogens (tertiary/aromatic N) is 2. The van der Waals surface area contributed by atoms with Gasteiger partial charge in [-0.25, -0.2) is 4.98 Å². The quantitative estimate of drug-likeness (QED) is 0.728. The van der Waals surface area contributed by atoms with Gasteiger partial charge in [-0.1, -0.05) is 6.07 Å². The first-order valence-corrected chi connectivity index (χ1v) is 4.76. The first kappa shape index (κ1) is 8.51. The van der Waals surface area contributed by atoms with Gasteiger partial charge in [0.25, 0.3) is 0 Å². The average molecular weight is 177 g/mol. The van der Waals surface area contributed by atoms with Gasteiger partial charge in [-0.3, -0.25) is 0 Å². The van der Waals surface area contributed by atoms with E-state index in [0.29, 0.717) is 5.92 Å². The molecular weight excluding hydrogens is 162 g/mol. The largest absolute Gasteiger partial charge is 0.356 e. The number of hydrogen-bond donors (Lipinski definition) is 1. The van der Waals surface area contributed by atoms with E-state index in [9.17, 15) is 0 Å². The minimum atomic E-state index is 0.655. The van der Waals surface area contributed by atoms with Crippen molar-refractivity contribution < 1.29 is 0 Å². The molecule has 0 unspecified atom stereocenters. The first-order chi connectivity index (χ1) is 6.40. The molecule has 0 saturated carbocycles. The fourth-order valence-corrected chi connectivity index (χ4v) is 1.77. The van der Waals surface area contributed by atoms with E-state index in [2.05, 4.69) is 16.0 Å². The van der Waals surface area contributed by atoms with E-state index in [4.69, 9.17) is 5.73 Å². The fraction of sp³-hybridized carbons (Fsp3) is 0.500. The van der Waals surface area contributed by atoms with Crippen molar-refractivity contribution in [2.75, 3.05) is 24.5 Å². The molecule has 2 rings (SSSR count). The zero-order valence-corrected chi connectivity index (χ0v) is 7.69. The van der Waals surface area contributed by atoms with Gasteiger partial charge in [-0.2, -0.15) is 0 Å². The Morgan fingerprint density at radius 2 is 2.46 bits per heavy atom. The van der Waals surface area contributed by atoms with Crippen LogP contribution in [0.2, 0.25) is 0 Å². The number of anilines is 1. The molecule has 2 heterocycles. The highest BCUT2D eigenvalue weighted by molar-refractivity contribution is 5.38. The molecule has 0 spiro atoms. The van der Waals surface area contributed by atoms with E-state index in [1.54, 1.807) is 0 Å². The van der Waals surface area contributed by atoms with Gasteiger partial charge in [0, 0.05) is 19.3 Å². The number of aromatic nitrogens is 1. The Hall–Kier alpha value is -1.09. The summed E-state index contributed by atoms with van der Waals surface area (Å²) >= 11 is 0. The fourth-order valence-electron chi connectivity index (χ4n) is 1.77. The summed E-state index contributed by atoms with van der Waals surface area (Å²) in [6, 6.07) is 6.02. The molecule has 1 aliphatic rings. The van der Waals surface area contributed by atoms with Crippen LogP contribution < -0.4 is 10.6 Å². The summed E-state index contributed by atoms with van der Waals surface area (Å²) < 4.78 is 0. The van der Waals surface area contributed by atoms with Gasteiger partial charge < -0.3 is 10.6 Å². The summed E-state index contributed by atoms with van der Waals surface area (Å²) in [5.41, 5.74) is 5.63. The molecule has 1 aromatic heterocycles. The van der Waals surface area contributed by atoms with E-state index in [1.807, 2.05) is 18.3 Å². The maximum Gasteiger partial charge on any atom is 0.128 e. The van der Waals surface area contributed by atoms with E-state index < -0.39 is 0 Å². The maximum atomic E-state index is 5.63. The summed E-state index contributed by atoms with van der Waals surface area (Å²) in [6.45, 7) is 2.95. The molecule has 1 aliphatic heterocycles. The summed E-state index contributed by atoms with van der Waals surface area (Å²) in [7, 11) is 0. The Labute approximate surface area is 78.6 Å². The van der Waals surface area contributed by atoms with Crippen LogP contribution in [-0.2, 0) is 0 Å². The monoisotopic (exact) mass is 177 g/mol. The van der Waals surface area contributed by atoms with E-state index in [0.717, 1.165) is 25.5 Å². The van der Waals surface area contributed by atoms with E-state index in [1.165, 1.54) is 6.42 Å². The van der Waals surface area contributed by atoms with E-state index >= 15 is 0 Å². The molecule has 1 saturated heterocycles.